The van der Waals surface area contributed by atoms with E-state index in [0.717, 1.165) is 77.0 Å². The monoisotopic (exact) mass is 941 g/mol. The molecule has 0 aliphatic carbocycles. The Kier molecular flexibility index (Phi) is 45.6. The molecule has 0 radical (unpaired) electrons. The van der Waals surface area contributed by atoms with Gasteiger partial charge in [-0.05, 0) is 84.0 Å². The molecule has 0 spiro atoms. The van der Waals surface area contributed by atoms with E-state index < -0.39 is 26.6 Å². The summed E-state index contributed by atoms with van der Waals surface area (Å²) < 4.78 is 23.1. The maximum atomic E-state index is 12.9. The van der Waals surface area contributed by atoms with E-state index >= 15 is 0 Å². The van der Waals surface area contributed by atoms with Crippen molar-refractivity contribution >= 4 is 13.7 Å². The number of quaternary nitrogens is 1. The van der Waals surface area contributed by atoms with Gasteiger partial charge >= 0.3 is 0 Å². The highest BCUT2D eigenvalue weighted by molar-refractivity contribution is 7.45. The molecule has 0 aliphatic rings. The normalized spacial score (nSPS) is 14.8. The summed E-state index contributed by atoms with van der Waals surface area (Å²) in [5, 5.41) is 13.7. The lowest BCUT2D eigenvalue weighted by atomic mass is 10.0. The van der Waals surface area contributed by atoms with Gasteiger partial charge in [-0.15, -0.1) is 0 Å². The zero-order valence-electron chi connectivity index (χ0n) is 43.1. The third kappa shape index (κ3) is 49.3. The van der Waals surface area contributed by atoms with E-state index in [1.807, 2.05) is 40.2 Å². The van der Waals surface area contributed by atoms with E-state index in [9.17, 15) is 19.4 Å². The maximum absolute atomic E-state index is 12.9. The second-order valence-corrected chi connectivity index (χ2v) is 20.3. The molecule has 0 fully saturated rings. The Morgan fingerprint density at radius 1 is 0.561 bits per heavy atom. The van der Waals surface area contributed by atoms with Crippen LogP contribution in [0.4, 0.5) is 0 Å². The van der Waals surface area contributed by atoms with Crippen LogP contribution in [0.5, 0.6) is 0 Å². The summed E-state index contributed by atoms with van der Waals surface area (Å²) in [6, 6.07) is -0.911. The number of amides is 1. The van der Waals surface area contributed by atoms with Crippen LogP contribution in [-0.4, -0.2) is 68.5 Å². The van der Waals surface area contributed by atoms with Gasteiger partial charge in [0.15, 0.2) is 0 Å². The van der Waals surface area contributed by atoms with E-state index in [1.54, 1.807) is 6.08 Å². The van der Waals surface area contributed by atoms with Crippen LogP contribution in [0, 0.1) is 0 Å². The van der Waals surface area contributed by atoms with E-state index in [1.165, 1.54) is 109 Å². The van der Waals surface area contributed by atoms with Gasteiger partial charge in [0.25, 0.3) is 7.82 Å². The van der Waals surface area contributed by atoms with Gasteiger partial charge in [0.1, 0.15) is 13.2 Å². The number of carbonyl (C=O) groups is 1. The molecule has 1 amide bonds. The molecule has 380 valence electrons. The van der Waals surface area contributed by atoms with Gasteiger partial charge in [-0.2, -0.15) is 0 Å². The van der Waals surface area contributed by atoms with Crippen LogP contribution in [0.15, 0.2) is 97.2 Å². The third-order valence-corrected chi connectivity index (χ3v) is 12.3. The molecule has 0 saturated carbocycles. The average Bonchev–Trinajstić information content (AvgIpc) is 3.28. The summed E-state index contributed by atoms with van der Waals surface area (Å²) in [5.74, 6) is -0.216. The van der Waals surface area contributed by atoms with Crippen molar-refractivity contribution in [2.45, 2.75) is 219 Å². The van der Waals surface area contributed by atoms with Crippen molar-refractivity contribution in [1.29, 1.82) is 0 Å². The minimum absolute atomic E-state index is 0.0121. The molecule has 0 aliphatic heterocycles. The quantitative estimate of drug-likeness (QED) is 0.0272. The predicted molar refractivity (Wildman–Crippen MR) is 283 cm³/mol. The van der Waals surface area contributed by atoms with Crippen LogP contribution in [-0.2, 0) is 18.4 Å². The Hall–Kier alpha value is -2.58. The van der Waals surface area contributed by atoms with Crippen molar-refractivity contribution in [2.24, 2.45) is 0 Å². The Morgan fingerprint density at radius 2 is 0.955 bits per heavy atom. The van der Waals surface area contributed by atoms with Gasteiger partial charge < -0.3 is 28.8 Å². The average molecular weight is 941 g/mol. The zero-order valence-corrected chi connectivity index (χ0v) is 44.0. The van der Waals surface area contributed by atoms with Gasteiger partial charge in [-0.25, -0.2) is 0 Å². The number of hydrogen-bond donors (Lipinski definition) is 2. The SMILES string of the molecule is C/C=C/CC/C=C/CC/C=C/C(O)C(COP(=O)([O-])OCC[N+](C)(C)C)NC(=O)CCCCCCCCCCCCCCCCCCCCC/C=C\C/C=C\C/C=C\C/C=C\C/C=C\CC. The minimum atomic E-state index is -4.60. The number of unbranched alkanes of at least 4 members (excludes halogenated alkanes) is 21. The Labute approximate surface area is 407 Å². The first-order chi connectivity index (χ1) is 32.0. The van der Waals surface area contributed by atoms with Crippen LogP contribution in [0.1, 0.15) is 206 Å². The summed E-state index contributed by atoms with van der Waals surface area (Å²) >= 11 is 0. The van der Waals surface area contributed by atoms with Gasteiger partial charge in [0.2, 0.25) is 5.91 Å². The standard InChI is InChI=1S/C57H101N2O6P/c1-6-8-10-12-14-16-17-18-19-20-21-22-23-24-25-26-27-28-29-30-31-32-33-34-35-36-37-38-39-40-41-43-45-47-49-51-57(61)58-55(54-65-66(62,63)64-53-52-59(3,4)5)56(60)50-48-46-44-42-15-13-11-9-7-2/h7-10,14-16,18-19,21-22,24-25,42,48,50,55-56,60H,6,11-13,17,20,23,26-41,43-47,49,51-54H2,1-5H3,(H-,58,61,62,63)/b9-7+,10-8-,16-14-,19-18-,22-21-,25-24-,42-15+,50-48+. The molecule has 2 N–H and O–H groups in total. The second-order valence-electron chi connectivity index (χ2n) is 18.8. The number of nitrogens with zero attached hydrogens (tertiary/aromatic N) is 1. The molecular weight excluding hydrogens is 840 g/mol. The molecule has 8 nitrogen and oxygen atoms in total. The number of rotatable bonds is 47. The van der Waals surface area contributed by atoms with Crippen molar-refractivity contribution in [2.75, 3.05) is 40.9 Å². The number of aliphatic hydroxyl groups is 1. The van der Waals surface area contributed by atoms with Gasteiger partial charge in [0.05, 0.1) is 39.9 Å². The number of aliphatic hydroxyl groups excluding tert-OH is 1. The molecular formula is C57H101N2O6P. The molecule has 9 heteroatoms. The molecule has 0 aromatic rings. The van der Waals surface area contributed by atoms with Crippen LogP contribution in [0.25, 0.3) is 0 Å². The van der Waals surface area contributed by atoms with E-state index in [4.69, 9.17) is 9.05 Å². The van der Waals surface area contributed by atoms with Crippen molar-refractivity contribution in [3.05, 3.63) is 97.2 Å². The minimum Gasteiger partial charge on any atom is -0.756 e. The lowest BCUT2D eigenvalue weighted by Gasteiger charge is -2.29. The van der Waals surface area contributed by atoms with Gasteiger partial charge in [-0.3, -0.25) is 9.36 Å². The molecule has 0 rings (SSSR count). The molecule has 3 unspecified atom stereocenters. The Balaban J connectivity index is 3.95. The van der Waals surface area contributed by atoms with Crippen LogP contribution < -0.4 is 10.2 Å². The first-order valence-corrected chi connectivity index (χ1v) is 28.0. The number of hydrogen-bond acceptors (Lipinski definition) is 6. The van der Waals surface area contributed by atoms with E-state index in [2.05, 4.69) is 91.2 Å². The summed E-state index contributed by atoms with van der Waals surface area (Å²) in [6.07, 6.45) is 68.1. The largest absolute Gasteiger partial charge is 0.756 e. The first kappa shape index (κ1) is 63.4. The molecule has 66 heavy (non-hydrogen) atoms. The number of likely N-dealkylation sites (N-methyl/N-ethyl adjacent to an activating group) is 1. The van der Waals surface area contributed by atoms with Crippen molar-refractivity contribution in [3.63, 3.8) is 0 Å². The van der Waals surface area contributed by atoms with Crippen molar-refractivity contribution in [3.8, 4) is 0 Å². The zero-order chi connectivity index (χ0) is 48.5. The van der Waals surface area contributed by atoms with Crippen LogP contribution in [0.3, 0.4) is 0 Å². The highest BCUT2D eigenvalue weighted by Crippen LogP contribution is 2.38. The van der Waals surface area contributed by atoms with E-state index in [0.29, 0.717) is 17.4 Å². The lowest BCUT2D eigenvalue weighted by molar-refractivity contribution is -0.870. The number of carbonyl (C=O) groups excluding carboxylic acids is 1. The number of phosphoric acid groups is 1. The van der Waals surface area contributed by atoms with Crippen molar-refractivity contribution in [1.82, 2.24) is 5.32 Å². The fraction of sp³-hybridized carbons (Fsp3) is 0.702. The maximum Gasteiger partial charge on any atom is 0.268 e. The molecule has 3 atom stereocenters. The number of nitrogens with one attached hydrogen (secondary N) is 1. The highest BCUT2D eigenvalue weighted by atomic mass is 31.2. The summed E-state index contributed by atoms with van der Waals surface area (Å²) in [7, 11) is 1.22. The molecule has 0 aromatic carbocycles. The third-order valence-electron chi connectivity index (χ3n) is 11.4. The van der Waals surface area contributed by atoms with Crippen LogP contribution in [0.2, 0.25) is 0 Å². The summed E-state index contributed by atoms with van der Waals surface area (Å²) in [4.78, 5) is 25.3. The highest BCUT2D eigenvalue weighted by Gasteiger charge is 2.23. The molecule has 0 aromatic heterocycles. The smallest absolute Gasteiger partial charge is 0.268 e. The second kappa shape index (κ2) is 47.5. The number of allylic oxidation sites excluding steroid dienone is 15. The first-order valence-electron chi connectivity index (χ1n) is 26.6. The summed E-state index contributed by atoms with van der Waals surface area (Å²) in [6.45, 7) is 4.26. The fourth-order valence-corrected chi connectivity index (χ4v) is 7.94. The fourth-order valence-electron chi connectivity index (χ4n) is 7.22. The molecule has 0 saturated heterocycles. The topological polar surface area (TPSA) is 108 Å². The van der Waals surface area contributed by atoms with Crippen LogP contribution >= 0.6 is 7.82 Å². The molecule has 0 bridgehead atoms. The molecule has 0 heterocycles. The Bertz CT molecular complexity index is 1390. The predicted octanol–water partition coefficient (Wildman–Crippen LogP) is 15.2. The van der Waals surface area contributed by atoms with Crippen molar-refractivity contribution < 1.29 is 32.9 Å². The van der Waals surface area contributed by atoms with E-state index in [-0.39, 0.29) is 12.5 Å². The lowest BCUT2D eigenvalue weighted by Crippen LogP contribution is -2.45. The summed E-state index contributed by atoms with van der Waals surface area (Å²) in [5.41, 5.74) is 0. The Morgan fingerprint density at radius 3 is 1.41 bits per heavy atom. The number of phosphoric ester groups is 1. The van der Waals surface area contributed by atoms with Gasteiger partial charge in [0, 0.05) is 6.42 Å². The van der Waals surface area contributed by atoms with Gasteiger partial charge in [-0.1, -0.05) is 213 Å².